The lowest BCUT2D eigenvalue weighted by atomic mass is 10.1. The van der Waals surface area contributed by atoms with Crippen molar-refractivity contribution < 1.29 is 19.2 Å². The zero-order chi connectivity index (χ0) is 21.8. The Balaban J connectivity index is 1.48. The monoisotopic (exact) mass is 420 g/mol. The number of nitro benzene ring substituents is 1. The fraction of sp³-hybridized carbons (Fsp3) is 0.227. The molecule has 3 aromatic rings. The van der Waals surface area contributed by atoms with E-state index in [4.69, 9.17) is 4.74 Å². The van der Waals surface area contributed by atoms with Gasteiger partial charge < -0.3 is 15.0 Å². The van der Waals surface area contributed by atoms with Crippen molar-refractivity contribution in [3.63, 3.8) is 0 Å². The number of rotatable bonds is 6. The third-order valence-corrected chi connectivity index (χ3v) is 5.11. The number of amides is 1. The lowest BCUT2D eigenvalue weighted by Crippen LogP contribution is -2.24. The first kappa shape index (κ1) is 20.3. The van der Waals surface area contributed by atoms with E-state index in [0.29, 0.717) is 11.4 Å². The number of nitro groups is 1. The third-order valence-electron chi connectivity index (χ3n) is 5.11. The average molecular weight is 420 g/mol. The summed E-state index contributed by atoms with van der Waals surface area (Å²) in [6, 6.07) is 13.0. The number of hydrogen-bond donors (Lipinski definition) is 1. The van der Waals surface area contributed by atoms with Gasteiger partial charge in [-0.15, -0.1) is 0 Å². The first-order valence-electron chi connectivity index (χ1n) is 9.87. The number of ether oxygens (including phenoxy) is 1. The van der Waals surface area contributed by atoms with Gasteiger partial charge in [-0.2, -0.15) is 0 Å². The van der Waals surface area contributed by atoms with Crippen molar-refractivity contribution in [1.29, 1.82) is 0 Å². The fourth-order valence-corrected chi connectivity index (χ4v) is 3.64. The summed E-state index contributed by atoms with van der Waals surface area (Å²) in [5.41, 5.74) is 1.73. The Bertz CT molecular complexity index is 1150. The van der Waals surface area contributed by atoms with Gasteiger partial charge in [0.05, 0.1) is 27.4 Å². The zero-order valence-electron chi connectivity index (χ0n) is 16.6. The van der Waals surface area contributed by atoms with Gasteiger partial charge in [0, 0.05) is 36.8 Å². The molecule has 9 nitrogen and oxygen atoms in total. The van der Waals surface area contributed by atoms with Crippen LogP contribution in [0, 0.1) is 10.1 Å². The molecule has 0 saturated carbocycles. The van der Waals surface area contributed by atoms with Crippen molar-refractivity contribution >= 4 is 39.8 Å². The van der Waals surface area contributed by atoms with Gasteiger partial charge in [0.1, 0.15) is 0 Å². The van der Waals surface area contributed by atoms with Crippen LogP contribution in [-0.2, 0) is 9.53 Å². The average Bonchev–Trinajstić information content (AvgIpc) is 3.32. The number of esters is 1. The molecule has 1 N–H and O–H groups in total. The summed E-state index contributed by atoms with van der Waals surface area (Å²) < 4.78 is 5.19. The molecule has 158 valence electrons. The molecule has 9 heteroatoms. The van der Waals surface area contributed by atoms with E-state index in [-0.39, 0.29) is 11.3 Å². The summed E-state index contributed by atoms with van der Waals surface area (Å²) in [5.74, 6) is -1.29. The molecule has 1 aliphatic heterocycles. The zero-order valence-corrected chi connectivity index (χ0v) is 16.6. The van der Waals surface area contributed by atoms with Crippen LogP contribution in [0.5, 0.6) is 0 Å². The molecule has 2 aromatic carbocycles. The highest BCUT2D eigenvalue weighted by atomic mass is 16.6. The number of pyridine rings is 1. The maximum atomic E-state index is 12.7. The molecule has 0 unspecified atom stereocenters. The maximum Gasteiger partial charge on any atom is 0.341 e. The van der Waals surface area contributed by atoms with Crippen molar-refractivity contribution in [3.05, 3.63) is 70.4 Å². The van der Waals surface area contributed by atoms with Crippen LogP contribution in [0.4, 0.5) is 17.1 Å². The smallest absolute Gasteiger partial charge is 0.341 e. The van der Waals surface area contributed by atoms with Gasteiger partial charge in [-0.1, -0.05) is 6.07 Å². The predicted octanol–water partition coefficient (Wildman–Crippen LogP) is 3.54. The van der Waals surface area contributed by atoms with Gasteiger partial charge >= 0.3 is 5.97 Å². The Morgan fingerprint density at radius 1 is 1.13 bits per heavy atom. The normalized spacial score (nSPS) is 13.2. The lowest BCUT2D eigenvalue weighted by molar-refractivity contribution is -0.384. The number of fused-ring (bicyclic) bond motifs is 1. The van der Waals surface area contributed by atoms with E-state index in [1.807, 2.05) is 17.0 Å². The van der Waals surface area contributed by atoms with Gasteiger partial charge in [-0.05, 0) is 43.2 Å². The van der Waals surface area contributed by atoms with Crippen molar-refractivity contribution in [3.8, 4) is 0 Å². The summed E-state index contributed by atoms with van der Waals surface area (Å²) in [5, 5.41) is 14.6. The lowest BCUT2D eigenvalue weighted by Gasteiger charge is -2.20. The minimum absolute atomic E-state index is 0.0817. The highest BCUT2D eigenvalue weighted by Gasteiger charge is 2.24. The Kier molecular flexibility index (Phi) is 5.74. The number of carbonyl (C=O) groups excluding carboxylic acids is 2. The number of carbonyl (C=O) groups is 2. The van der Waals surface area contributed by atoms with Crippen LogP contribution in [0.15, 0.2) is 54.7 Å². The van der Waals surface area contributed by atoms with E-state index in [9.17, 15) is 19.7 Å². The molecule has 31 heavy (non-hydrogen) atoms. The molecule has 1 amide bonds. The van der Waals surface area contributed by atoms with Crippen LogP contribution in [0.2, 0.25) is 0 Å². The number of nitrogens with zero attached hydrogens (tertiary/aromatic N) is 3. The molecule has 0 bridgehead atoms. The van der Waals surface area contributed by atoms with Crippen LogP contribution >= 0.6 is 0 Å². The Hall–Kier alpha value is -4.01. The minimum atomic E-state index is -0.777. The molecule has 1 saturated heterocycles. The molecule has 1 fully saturated rings. The van der Waals surface area contributed by atoms with E-state index in [2.05, 4.69) is 10.3 Å². The molecular formula is C22H20N4O5. The van der Waals surface area contributed by atoms with E-state index >= 15 is 0 Å². The molecule has 0 atom stereocenters. The van der Waals surface area contributed by atoms with Crippen LogP contribution in [0.1, 0.15) is 23.2 Å². The summed E-state index contributed by atoms with van der Waals surface area (Å²) in [6.45, 7) is 0.999. The first-order chi connectivity index (χ1) is 15.0. The molecule has 4 rings (SSSR count). The Labute approximate surface area is 177 Å². The predicted molar refractivity (Wildman–Crippen MR) is 115 cm³/mol. The molecular weight excluding hydrogens is 400 g/mol. The van der Waals surface area contributed by atoms with E-state index < -0.39 is 23.4 Å². The number of aromatic nitrogens is 1. The number of benzene rings is 2. The maximum absolute atomic E-state index is 12.7. The van der Waals surface area contributed by atoms with Gasteiger partial charge in [0.2, 0.25) is 0 Å². The molecule has 1 aromatic heterocycles. The van der Waals surface area contributed by atoms with Gasteiger partial charge in [0.25, 0.3) is 11.6 Å². The van der Waals surface area contributed by atoms with E-state index in [1.165, 1.54) is 12.1 Å². The number of non-ortho nitro benzene ring substituents is 1. The highest BCUT2D eigenvalue weighted by Crippen LogP contribution is 2.29. The molecule has 0 radical (unpaired) electrons. The topological polar surface area (TPSA) is 115 Å². The number of anilines is 2. The summed E-state index contributed by atoms with van der Waals surface area (Å²) in [7, 11) is 0. The van der Waals surface area contributed by atoms with Gasteiger partial charge in [0.15, 0.2) is 6.61 Å². The van der Waals surface area contributed by atoms with Crippen molar-refractivity contribution in [2.24, 2.45) is 0 Å². The van der Waals surface area contributed by atoms with Crippen LogP contribution < -0.4 is 10.2 Å². The second-order valence-corrected chi connectivity index (χ2v) is 7.15. The molecule has 2 heterocycles. The van der Waals surface area contributed by atoms with Crippen LogP contribution in [0.25, 0.3) is 10.9 Å². The Morgan fingerprint density at radius 3 is 2.71 bits per heavy atom. The summed E-state index contributed by atoms with van der Waals surface area (Å²) in [6.07, 6.45) is 3.62. The van der Waals surface area contributed by atoms with Crippen LogP contribution in [0.3, 0.4) is 0 Å². The minimum Gasteiger partial charge on any atom is -0.452 e. The van der Waals surface area contributed by atoms with Crippen molar-refractivity contribution in [2.45, 2.75) is 12.8 Å². The first-order valence-corrected chi connectivity index (χ1v) is 9.87. The van der Waals surface area contributed by atoms with Crippen LogP contribution in [-0.4, -0.2) is 41.5 Å². The van der Waals surface area contributed by atoms with Crippen molar-refractivity contribution in [2.75, 3.05) is 29.9 Å². The summed E-state index contributed by atoms with van der Waals surface area (Å²) in [4.78, 5) is 41.9. The highest BCUT2D eigenvalue weighted by molar-refractivity contribution is 6.03. The van der Waals surface area contributed by atoms with E-state index in [1.54, 1.807) is 30.5 Å². The van der Waals surface area contributed by atoms with Gasteiger partial charge in [-0.3, -0.25) is 19.9 Å². The molecule has 0 aliphatic carbocycles. The second kappa shape index (κ2) is 8.78. The summed E-state index contributed by atoms with van der Waals surface area (Å²) >= 11 is 0. The Morgan fingerprint density at radius 2 is 1.94 bits per heavy atom. The molecule has 1 aliphatic rings. The SMILES string of the molecule is O=C(COC(=O)c1cc([N+](=O)[O-])ccc1N1CCCC1)Nc1cccc2ncccc12. The second-order valence-electron chi connectivity index (χ2n) is 7.15. The number of nitrogens with one attached hydrogen (secondary N) is 1. The van der Waals surface area contributed by atoms with E-state index in [0.717, 1.165) is 36.8 Å². The van der Waals surface area contributed by atoms with Gasteiger partial charge in [-0.25, -0.2) is 4.79 Å². The quantitative estimate of drug-likeness (QED) is 0.368. The molecule has 0 spiro atoms. The fourth-order valence-electron chi connectivity index (χ4n) is 3.64. The van der Waals surface area contributed by atoms with Crippen molar-refractivity contribution in [1.82, 2.24) is 4.98 Å². The standard InChI is InChI=1S/C22H20N4O5/c27-21(24-19-7-3-6-18-16(19)5-4-10-23-18)14-31-22(28)17-13-15(26(29)30)8-9-20(17)25-11-1-2-12-25/h3-10,13H,1-2,11-12,14H2,(H,24,27). The third kappa shape index (κ3) is 4.45. The number of hydrogen-bond acceptors (Lipinski definition) is 7. The largest absolute Gasteiger partial charge is 0.452 e.